The fourth-order valence-corrected chi connectivity index (χ4v) is 12.3. The van der Waals surface area contributed by atoms with Gasteiger partial charge in [0.25, 0.3) is 0 Å². The second kappa shape index (κ2) is 37.1. The molecule has 0 spiro atoms. The van der Waals surface area contributed by atoms with Gasteiger partial charge in [-0.3, -0.25) is 57.6 Å². The number of morpholine rings is 1. The molecule has 2 aliphatic heterocycles. The van der Waals surface area contributed by atoms with E-state index in [0.717, 1.165) is 11.3 Å². The Hall–Kier alpha value is -5.95. The molecule has 0 saturated carbocycles. The predicted octanol–water partition coefficient (Wildman–Crippen LogP) is 2.80. The van der Waals surface area contributed by atoms with Crippen molar-refractivity contribution in [3.8, 4) is 0 Å². The summed E-state index contributed by atoms with van der Waals surface area (Å²) in [5.74, 6) is -10.1. The smallest absolute Gasteiger partial charge is 0.246 e. The number of amides is 11. The molecule has 0 radical (unpaired) electrons. The zero-order chi connectivity index (χ0) is 70.0. The van der Waals surface area contributed by atoms with E-state index in [1.54, 1.807) is 41.5 Å². The lowest BCUT2D eigenvalue weighted by atomic mass is 9.90. The van der Waals surface area contributed by atoms with Crippen LogP contribution in [0.25, 0.3) is 0 Å². The Bertz CT molecular complexity index is 2460. The highest BCUT2D eigenvalue weighted by molar-refractivity contribution is 6.00. The third kappa shape index (κ3) is 22.1. The van der Waals surface area contributed by atoms with E-state index in [9.17, 15) is 33.9 Å². The normalized spacial score (nSPS) is 28.2. The molecule has 14 atom stereocenters. The van der Waals surface area contributed by atoms with Crippen molar-refractivity contribution < 1.29 is 62.6 Å². The first kappa shape index (κ1) is 81.1. The SMILES string of the molecule is CCCC[C@@H](C)[C@@H](O)[C@H]1C(=O)N[C@@H](CC)C(=O)N(C)[C@H](C)C(=O)N(C)[C@@H]([C@@H](C)CN2CCOCC2)C(=O)NC(C(C)C)C(=O)N(C)[C@@H](CC(C)C)C(=O)N[C@@H](C)C(=O)N[C@H](C)C(=O)N(C)[C@@H](CC(C)C)C(=O)N(C)[C@@H](CC(C)C)C(=O)N(C)C(C(C)C)C(=O)N1C. The molecule has 0 aromatic carbocycles. The maximum absolute atomic E-state index is 15.3. The summed E-state index contributed by atoms with van der Waals surface area (Å²) in [6, 6.07) is -13.7. The van der Waals surface area contributed by atoms with Gasteiger partial charge < -0.3 is 65.4 Å². The standard InChI is InChI=1S/C66H120N12O13/c1-25-27-28-42(13)55(79)54-59(83)69-47(26-2)62(86)71(18)46(17)61(85)76(23)53(43(14)36-78-29-31-91-32-30-78)58(82)70-51(40(9)10)65(89)72(19)48(33-37(3)4)57(81)67-44(15)56(80)68-45(16)60(84)73(20)49(34-38(5)6)63(87)74(21)50(35-39(7)8)64(88)75(22)52(41(11)12)66(90)77(54)24/h37-55,79H,25-36H2,1-24H3,(H,67,81)(H,68,80)(H,69,83)(H,70,82)/t42-,43+,44+,45-,46-,47+,48+,49+,50+,51?,52?,53+,54+,55-/m1/s1. The Kier molecular flexibility index (Phi) is 33.1. The molecule has 2 unspecified atom stereocenters. The van der Waals surface area contributed by atoms with E-state index in [4.69, 9.17) is 4.74 Å². The van der Waals surface area contributed by atoms with Gasteiger partial charge in [-0.25, -0.2) is 0 Å². The van der Waals surface area contributed by atoms with Gasteiger partial charge in [0.15, 0.2) is 0 Å². The molecule has 0 bridgehead atoms. The highest BCUT2D eigenvalue weighted by Crippen LogP contribution is 2.27. The third-order valence-electron chi connectivity index (χ3n) is 18.2. The average molecular weight is 1290 g/mol. The van der Waals surface area contributed by atoms with Gasteiger partial charge in [0.05, 0.1) is 19.3 Å². The van der Waals surface area contributed by atoms with E-state index in [-0.39, 0.29) is 43.4 Å². The number of ether oxygens (including phenoxy) is 1. The van der Waals surface area contributed by atoms with Gasteiger partial charge in [0.2, 0.25) is 65.0 Å². The number of carbonyl (C=O) groups excluding carboxylic acids is 11. The van der Waals surface area contributed by atoms with Gasteiger partial charge in [-0.05, 0) is 94.3 Å². The fourth-order valence-electron chi connectivity index (χ4n) is 12.3. The zero-order valence-electron chi connectivity index (χ0n) is 59.9. The molecule has 25 heteroatoms. The first-order valence-corrected chi connectivity index (χ1v) is 33.3. The van der Waals surface area contributed by atoms with Crippen molar-refractivity contribution in [2.24, 2.45) is 41.4 Å². The van der Waals surface area contributed by atoms with Crippen molar-refractivity contribution in [1.29, 1.82) is 0 Å². The lowest BCUT2D eigenvalue weighted by Gasteiger charge is -2.41. The molecule has 5 N–H and O–H groups in total. The summed E-state index contributed by atoms with van der Waals surface area (Å²) in [5.41, 5.74) is 0. The Morgan fingerprint density at radius 1 is 0.462 bits per heavy atom. The first-order chi connectivity index (χ1) is 42.2. The molecule has 2 saturated heterocycles. The Morgan fingerprint density at radius 2 is 0.912 bits per heavy atom. The van der Waals surface area contributed by atoms with Crippen LogP contribution in [0, 0.1) is 41.4 Å². The molecule has 0 aromatic heterocycles. The van der Waals surface area contributed by atoms with Crippen LogP contribution in [-0.4, -0.2) is 264 Å². The van der Waals surface area contributed by atoms with Crippen LogP contribution >= 0.6 is 0 Å². The highest BCUT2D eigenvalue weighted by atomic mass is 16.5. The monoisotopic (exact) mass is 1290 g/mol. The quantitative estimate of drug-likeness (QED) is 0.140. The first-order valence-electron chi connectivity index (χ1n) is 33.3. The molecule has 2 aliphatic rings. The van der Waals surface area contributed by atoms with Crippen LogP contribution in [0.4, 0.5) is 0 Å². The van der Waals surface area contributed by atoms with Gasteiger partial charge in [-0.1, -0.05) is 110 Å². The Labute approximate surface area is 544 Å². The maximum Gasteiger partial charge on any atom is 0.246 e. The summed E-state index contributed by atoms with van der Waals surface area (Å²) in [6.45, 7) is 32.2. The summed E-state index contributed by atoms with van der Waals surface area (Å²) in [5, 5.41) is 23.4. The Balaban J connectivity index is 3.04. The van der Waals surface area contributed by atoms with Gasteiger partial charge in [0.1, 0.15) is 66.5 Å². The van der Waals surface area contributed by atoms with E-state index in [0.29, 0.717) is 45.7 Å². The number of unbranched alkanes of at least 4 members (excludes halogenated alkanes) is 1. The van der Waals surface area contributed by atoms with Crippen molar-refractivity contribution >= 4 is 65.0 Å². The fraction of sp³-hybridized carbons (Fsp3) is 0.833. The number of nitrogens with one attached hydrogen (secondary N) is 4. The predicted molar refractivity (Wildman–Crippen MR) is 350 cm³/mol. The van der Waals surface area contributed by atoms with E-state index >= 15 is 24.0 Å². The molecule has 0 aromatic rings. The number of aliphatic hydroxyl groups is 1. The molecule has 2 fully saturated rings. The van der Waals surface area contributed by atoms with Crippen LogP contribution in [0.15, 0.2) is 0 Å². The minimum atomic E-state index is -1.60. The number of rotatable bonds is 17. The minimum Gasteiger partial charge on any atom is -0.390 e. The lowest BCUT2D eigenvalue weighted by molar-refractivity contribution is -0.157. The Morgan fingerprint density at radius 3 is 1.40 bits per heavy atom. The summed E-state index contributed by atoms with van der Waals surface area (Å²) >= 11 is 0. The molecule has 25 nitrogen and oxygen atoms in total. The molecule has 0 aliphatic carbocycles. The van der Waals surface area contributed by atoms with Crippen molar-refractivity contribution in [2.75, 3.05) is 82.2 Å². The van der Waals surface area contributed by atoms with Crippen LogP contribution in [0.1, 0.15) is 163 Å². The number of hydrogen-bond donors (Lipinski definition) is 5. The van der Waals surface area contributed by atoms with Gasteiger partial charge in [-0.2, -0.15) is 0 Å². The van der Waals surface area contributed by atoms with E-state index in [2.05, 4.69) is 26.2 Å². The van der Waals surface area contributed by atoms with Crippen LogP contribution < -0.4 is 21.3 Å². The zero-order valence-corrected chi connectivity index (χ0v) is 59.9. The summed E-state index contributed by atoms with van der Waals surface area (Å²) in [6.07, 6.45) is 0.956. The number of aliphatic hydroxyl groups excluding tert-OH is 1. The molecular weight excluding hydrogens is 1170 g/mol. The second-order valence-corrected chi connectivity index (χ2v) is 28.0. The average Bonchev–Trinajstić information content (AvgIpc) is 2.18. The van der Waals surface area contributed by atoms with Crippen molar-refractivity contribution in [2.45, 2.75) is 235 Å². The summed E-state index contributed by atoms with van der Waals surface area (Å²) in [7, 11) is 10.0. The van der Waals surface area contributed by atoms with E-state index < -0.39 is 161 Å². The molecule has 2 rings (SSSR count). The molecule has 522 valence electrons. The highest BCUT2D eigenvalue weighted by Gasteiger charge is 2.46. The second-order valence-electron chi connectivity index (χ2n) is 28.0. The number of nitrogens with zero attached hydrogens (tertiary/aromatic N) is 8. The van der Waals surface area contributed by atoms with Crippen LogP contribution in [0.3, 0.4) is 0 Å². The van der Waals surface area contributed by atoms with Gasteiger partial charge in [-0.15, -0.1) is 0 Å². The van der Waals surface area contributed by atoms with E-state index in [1.807, 2.05) is 55.4 Å². The van der Waals surface area contributed by atoms with Crippen molar-refractivity contribution in [3.05, 3.63) is 0 Å². The third-order valence-corrected chi connectivity index (χ3v) is 18.2. The summed E-state index contributed by atoms with van der Waals surface area (Å²) in [4.78, 5) is 174. The maximum atomic E-state index is 15.3. The number of likely N-dealkylation sites (N-methyl/N-ethyl adjacent to an activating group) is 7. The van der Waals surface area contributed by atoms with Crippen molar-refractivity contribution in [3.63, 3.8) is 0 Å². The minimum absolute atomic E-state index is 0.0161. The van der Waals surface area contributed by atoms with Crippen LogP contribution in [0.5, 0.6) is 0 Å². The van der Waals surface area contributed by atoms with Crippen LogP contribution in [0.2, 0.25) is 0 Å². The van der Waals surface area contributed by atoms with Crippen molar-refractivity contribution in [1.82, 2.24) is 60.5 Å². The number of hydrogen-bond acceptors (Lipinski definition) is 14. The van der Waals surface area contributed by atoms with Gasteiger partial charge in [0, 0.05) is 69.0 Å². The molecule has 2 heterocycles. The molecule has 11 amide bonds. The van der Waals surface area contributed by atoms with Crippen LogP contribution in [-0.2, 0) is 57.5 Å². The summed E-state index contributed by atoms with van der Waals surface area (Å²) < 4.78 is 5.60. The van der Waals surface area contributed by atoms with Gasteiger partial charge >= 0.3 is 0 Å². The lowest BCUT2D eigenvalue weighted by Crippen LogP contribution is -2.64. The topological polar surface area (TPSA) is 291 Å². The molecule has 91 heavy (non-hydrogen) atoms. The largest absolute Gasteiger partial charge is 0.390 e. The number of carbonyl (C=O) groups is 11. The van der Waals surface area contributed by atoms with E-state index in [1.165, 1.54) is 99.5 Å². The molecular formula is C66H120N12O13.